The summed E-state index contributed by atoms with van der Waals surface area (Å²) in [6.45, 7) is 1.70. The van der Waals surface area contributed by atoms with E-state index in [4.69, 9.17) is 16.3 Å². The molecule has 32 heavy (non-hydrogen) atoms. The van der Waals surface area contributed by atoms with Gasteiger partial charge in [0.2, 0.25) is 0 Å². The summed E-state index contributed by atoms with van der Waals surface area (Å²) in [5.41, 5.74) is 1.68. The van der Waals surface area contributed by atoms with Crippen LogP contribution in [-0.4, -0.2) is 40.6 Å². The van der Waals surface area contributed by atoms with Crippen molar-refractivity contribution in [3.8, 4) is 0 Å². The van der Waals surface area contributed by atoms with Gasteiger partial charge in [-0.3, -0.25) is 14.9 Å². The van der Waals surface area contributed by atoms with E-state index in [0.29, 0.717) is 32.7 Å². The Bertz CT molecular complexity index is 1090. The summed E-state index contributed by atoms with van der Waals surface area (Å²) in [4.78, 5) is 25.5. The molecule has 0 aliphatic rings. The van der Waals surface area contributed by atoms with E-state index in [1.807, 2.05) is 22.9 Å². The zero-order chi connectivity index (χ0) is 23.1. The Morgan fingerprint density at radius 2 is 1.97 bits per heavy atom. The maximum atomic E-state index is 13.2. The highest BCUT2D eigenvalue weighted by molar-refractivity contribution is 6.32. The minimum Gasteiger partial charge on any atom is -0.385 e. The van der Waals surface area contributed by atoms with E-state index >= 15 is 0 Å². The van der Waals surface area contributed by atoms with E-state index in [1.165, 1.54) is 30.3 Å². The number of carbonyl (C=O) groups excluding carboxylic acids is 1. The van der Waals surface area contributed by atoms with E-state index in [-0.39, 0.29) is 28.0 Å². The minimum absolute atomic E-state index is 0.0225. The number of carbonyl (C=O) groups is 1. The average Bonchev–Trinajstić information content (AvgIpc) is 3.21. The number of nitro benzene ring substituents is 1. The van der Waals surface area contributed by atoms with Crippen LogP contribution in [0.3, 0.4) is 0 Å². The molecule has 1 aromatic heterocycles. The van der Waals surface area contributed by atoms with Crippen molar-refractivity contribution in [1.29, 1.82) is 0 Å². The Hall–Kier alpha value is -3.23. The van der Waals surface area contributed by atoms with Crippen LogP contribution in [0.5, 0.6) is 0 Å². The smallest absolute Gasteiger partial charge is 0.288 e. The maximum Gasteiger partial charge on any atom is 0.288 e. The molecule has 2 aromatic carbocycles. The third-order valence-electron chi connectivity index (χ3n) is 5.00. The molecule has 0 saturated carbocycles. The molecule has 3 aromatic rings. The van der Waals surface area contributed by atoms with Gasteiger partial charge in [-0.1, -0.05) is 23.7 Å². The van der Waals surface area contributed by atoms with E-state index in [2.05, 4.69) is 0 Å². The van der Waals surface area contributed by atoms with Gasteiger partial charge in [-0.2, -0.15) is 0 Å². The molecule has 0 atom stereocenters. The van der Waals surface area contributed by atoms with Gasteiger partial charge in [0.1, 0.15) is 10.8 Å². The zero-order valence-electron chi connectivity index (χ0n) is 17.5. The van der Waals surface area contributed by atoms with Crippen molar-refractivity contribution >= 4 is 23.2 Å². The molecule has 0 aliphatic heterocycles. The van der Waals surface area contributed by atoms with E-state index < -0.39 is 4.92 Å². The lowest BCUT2D eigenvalue weighted by Crippen LogP contribution is -2.33. The number of benzene rings is 2. The lowest BCUT2D eigenvalue weighted by atomic mass is 10.1. The quantitative estimate of drug-likeness (QED) is 0.245. The number of nitro groups is 1. The molecule has 168 valence electrons. The zero-order valence-corrected chi connectivity index (χ0v) is 18.3. The molecular formula is C23H23ClFN3O4. The molecule has 9 heteroatoms. The first-order valence-electron chi connectivity index (χ1n) is 9.99. The summed E-state index contributed by atoms with van der Waals surface area (Å²) < 4.78 is 20.3. The molecule has 1 amide bonds. The van der Waals surface area contributed by atoms with Gasteiger partial charge in [0.25, 0.3) is 11.6 Å². The second kappa shape index (κ2) is 10.9. The molecule has 0 unspecified atom stereocenters. The fourth-order valence-electron chi connectivity index (χ4n) is 3.35. The molecule has 1 heterocycles. The molecule has 0 N–H and O–H groups in total. The number of aromatic nitrogens is 1. The minimum atomic E-state index is -0.609. The summed E-state index contributed by atoms with van der Waals surface area (Å²) in [7, 11) is 1.59. The Kier molecular flexibility index (Phi) is 7.97. The van der Waals surface area contributed by atoms with Crippen molar-refractivity contribution in [3.05, 3.63) is 98.6 Å². The van der Waals surface area contributed by atoms with Crippen molar-refractivity contribution in [3.63, 3.8) is 0 Å². The van der Waals surface area contributed by atoms with Gasteiger partial charge in [-0.05, 0) is 48.4 Å². The first-order valence-corrected chi connectivity index (χ1v) is 10.4. The van der Waals surface area contributed by atoms with Crippen LogP contribution >= 0.6 is 11.6 Å². The Morgan fingerprint density at radius 1 is 1.22 bits per heavy atom. The fourth-order valence-corrected chi connectivity index (χ4v) is 3.54. The average molecular weight is 460 g/mol. The lowest BCUT2D eigenvalue weighted by Gasteiger charge is -2.24. The molecule has 3 rings (SSSR count). The molecule has 7 nitrogen and oxygen atoms in total. The summed E-state index contributed by atoms with van der Waals surface area (Å²) in [6, 6.07) is 14.1. The largest absolute Gasteiger partial charge is 0.385 e. The number of nitrogens with zero attached hydrogens (tertiary/aromatic N) is 3. The molecule has 0 radical (unpaired) electrons. The number of rotatable bonds is 10. The maximum absolute atomic E-state index is 13.2. The number of hydrogen-bond donors (Lipinski definition) is 0. The van der Waals surface area contributed by atoms with Crippen molar-refractivity contribution in [1.82, 2.24) is 9.47 Å². The summed E-state index contributed by atoms with van der Waals surface area (Å²) in [6.07, 6.45) is 2.50. The monoisotopic (exact) mass is 459 g/mol. The Balaban J connectivity index is 1.83. The van der Waals surface area contributed by atoms with Gasteiger partial charge in [-0.15, -0.1) is 0 Å². The van der Waals surface area contributed by atoms with Crippen LogP contribution in [0.4, 0.5) is 10.1 Å². The van der Waals surface area contributed by atoms with Crippen molar-refractivity contribution < 1.29 is 18.8 Å². The standard InChI is InChI=1S/C23H23ClFN3O4/c1-32-13-3-12-27(23(29)18-7-10-21(24)22(14-18)28(30)31)16-20-4-2-11-26(20)15-17-5-8-19(25)9-6-17/h2,4-11,14H,3,12-13,15-16H2,1H3. The van der Waals surface area contributed by atoms with Gasteiger partial charge >= 0.3 is 0 Å². The van der Waals surface area contributed by atoms with Gasteiger partial charge < -0.3 is 14.2 Å². The summed E-state index contributed by atoms with van der Waals surface area (Å²) in [5.74, 6) is -0.635. The highest BCUT2D eigenvalue weighted by Crippen LogP contribution is 2.26. The van der Waals surface area contributed by atoms with Gasteiger partial charge in [0.05, 0.1) is 11.5 Å². The number of methoxy groups -OCH3 is 1. The van der Waals surface area contributed by atoms with Crippen molar-refractivity contribution in [2.24, 2.45) is 0 Å². The number of ether oxygens (including phenoxy) is 1. The van der Waals surface area contributed by atoms with E-state index in [0.717, 1.165) is 11.3 Å². The second-order valence-corrected chi connectivity index (χ2v) is 7.66. The van der Waals surface area contributed by atoms with Crippen LogP contribution in [0.25, 0.3) is 0 Å². The normalized spacial score (nSPS) is 10.8. The number of amides is 1. The Labute approximate surface area is 190 Å². The van der Waals surface area contributed by atoms with Gasteiger partial charge in [0.15, 0.2) is 0 Å². The number of hydrogen-bond acceptors (Lipinski definition) is 4. The van der Waals surface area contributed by atoms with Crippen LogP contribution in [0, 0.1) is 15.9 Å². The van der Waals surface area contributed by atoms with Crippen LogP contribution in [-0.2, 0) is 17.8 Å². The summed E-state index contributed by atoms with van der Waals surface area (Å²) in [5, 5.41) is 11.2. The molecular weight excluding hydrogens is 437 g/mol. The third-order valence-corrected chi connectivity index (χ3v) is 5.32. The van der Waals surface area contributed by atoms with Crippen LogP contribution in [0.1, 0.15) is 28.0 Å². The van der Waals surface area contributed by atoms with Crippen LogP contribution < -0.4 is 0 Å². The SMILES string of the molecule is COCCCN(Cc1cccn1Cc1ccc(F)cc1)C(=O)c1ccc(Cl)c([N+](=O)[O-])c1. The van der Waals surface area contributed by atoms with E-state index in [1.54, 1.807) is 24.1 Å². The first kappa shape index (κ1) is 23.4. The lowest BCUT2D eigenvalue weighted by molar-refractivity contribution is -0.384. The molecule has 0 fully saturated rings. The Morgan fingerprint density at radius 3 is 2.66 bits per heavy atom. The van der Waals surface area contributed by atoms with Gasteiger partial charge in [-0.25, -0.2) is 4.39 Å². The molecule has 0 saturated heterocycles. The second-order valence-electron chi connectivity index (χ2n) is 7.25. The molecule has 0 aliphatic carbocycles. The fraction of sp³-hybridized carbons (Fsp3) is 0.261. The van der Waals surface area contributed by atoms with E-state index in [9.17, 15) is 19.3 Å². The predicted octanol–water partition coefficient (Wildman–Crippen LogP) is 4.92. The third kappa shape index (κ3) is 5.93. The molecule has 0 spiro atoms. The highest BCUT2D eigenvalue weighted by atomic mass is 35.5. The van der Waals surface area contributed by atoms with Crippen LogP contribution in [0.2, 0.25) is 5.02 Å². The topological polar surface area (TPSA) is 77.6 Å². The predicted molar refractivity (Wildman–Crippen MR) is 119 cm³/mol. The first-order chi connectivity index (χ1) is 15.4. The highest BCUT2D eigenvalue weighted by Gasteiger charge is 2.21. The molecule has 0 bridgehead atoms. The van der Waals surface area contributed by atoms with Crippen LogP contribution in [0.15, 0.2) is 60.8 Å². The van der Waals surface area contributed by atoms with Crippen molar-refractivity contribution in [2.45, 2.75) is 19.5 Å². The van der Waals surface area contributed by atoms with Crippen molar-refractivity contribution in [2.75, 3.05) is 20.3 Å². The number of halogens is 2. The van der Waals surface area contributed by atoms with Gasteiger partial charge in [0, 0.05) is 50.3 Å². The summed E-state index contributed by atoms with van der Waals surface area (Å²) >= 11 is 5.89.